The van der Waals surface area contributed by atoms with Crippen LogP contribution in [0.4, 0.5) is 0 Å². The first kappa shape index (κ1) is 17.5. The Morgan fingerprint density at radius 2 is 2.15 bits per heavy atom. The van der Waals surface area contributed by atoms with Crippen LogP contribution < -0.4 is 0 Å². The lowest BCUT2D eigenvalue weighted by molar-refractivity contribution is -0.127. The molecule has 2 aromatic rings. The molecule has 0 spiro atoms. The minimum atomic E-state index is 0.0173. The normalized spacial score (nSPS) is 21.9. The molecule has 26 heavy (non-hydrogen) atoms. The first-order chi connectivity index (χ1) is 12.7. The van der Waals surface area contributed by atoms with E-state index < -0.39 is 0 Å². The predicted molar refractivity (Wildman–Crippen MR) is 101 cm³/mol. The zero-order chi connectivity index (χ0) is 17.9. The molecule has 7 heteroatoms. The molecule has 138 valence electrons. The molecule has 2 aliphatic rings. The van der Waals surface area contributed by atoms with Crippen LogP contribution >= 0.6 is 11.6 Å². The molecule has 4 rings (SSSR count). The highest BCUT2D eigenvalue weighted by Crippen LogP contribution is 2.19. The third-order valence-corrected chi connectivity index (χ3v) is 5.35. The van der Waals surface area contributed by atoms with Gasteiger partial charge in [0, 0.05) is 51.6 Å². The molecule has 2 fully saturated rings. The molecule has 1 amide bonds. The number of hydrogen-bond donors (Lipinski definition) is 0. The van der Waals surface area contributed by atoms with Gasteiger partial charge in [-0.1, -0.05) is 17.7 Å². The molecule has 2 aliphatic heterocycles. The van der Waals surface area contributed by atoms with Gasteiger partial charge < -0.3 is 9.64 Å². The van der Waals surface area contributed by atoms with Gasteiger partial charge in [0.15, 0.2) is 5.15 Å². The number of amides is 1. The molecule has 0 aliphatic carbocycles. The van der Waals surface area contributed by atoms with Crippen molar-refractivity contribution < 1.29 is 9.53 Å². The third kappa shape index (κ3) is 3.77. The number of pyridine rings is 1. The number of hydrogen-bond acceptors (Lipinski definition) is 4. The molecular formula is C19H23ClN4O2. The molecule has 0 saturated carbocycles. The number of halogens is 1. The summed E-state index contributed by atoms with van der Waals surface area (Å²) in [6.07, 6.45) is 7.93. The van der Waals surface area contributed by atoms with Crippen molar-refractivity contribution in [3.05, 3.63) is 41.3 Å². The quantitative estimate of drug-likeness (QED) is 0.771. The fraction of sp³-hybridized carbons (Fsp3) is 0.474. The van der Waals surface area contributed by atoms with Gasteiger partial charge in [0.2, 0.25) is 5.91 Å². The van der Waals surface area contributed by atoms with E-state index in [0.717, 1.165) is 57.1 Å². The number of fused-ring (bicyclic) bond motifs is 1. The second-order valence-corrected chi connectivity index (χ2v) is 7.17. The molecule has 2 saturated heterocycles. The molecule has 6 nitrogen and oxygen atoms in total. The second kappa shape index (κ2) is 7.78. The lowest BCUT2D eigenvalue weighted by atomic mass is 10.2. The number of aromatic nitrogens is 2. The van der Waals surface area contributed by atoms with Crippen LogP contribution in [0.5, 0.6) is 0 Å². The summed E-state index contributed by atoms with van der Waals surface area (Å²) in [6.45, 7) is 5.16. The number of piperazine rings is 1. The van der Waals surface area contributed by atoms with Gasteiger partial charge in [-0.15, -0.1) is 0 Å². The van der Waals surface area contributed by atoms with Gasteiger partial charge in [0.25, 0.3) is 0 Å². The van der Waals surface area contributed by atoms with E-state index in [9.17, 15) is 4.79 Å². The van der Waals surface area contributed by atoms with E-state index in [4.69, 9.17) is 16.3 Å². The Hall–Kier alpha value is -1.89. The Balaban J connectivity index is 1.35. The minimum absolute atomic E-state index is 0.0173. The monoisotopic (exact) mass is 374 g/mol. The third-order valence-electron chi connectivity index (χ3n) is 5.08. The number of rotatable bonds is 4. The lowest BCUT2D eigenvalue weighted by Gasteiger charge is -2.35. The fourth-order valence-corrected chi connectivity index (χ4v) is 3.86. The maximum Gasteiger partial charge on any atom is 0.246 e. The summed E-state index contributed by atoms with van der Waals surface area (Å²) < 4.78 is 7.58. The number of imidazole rings is 1. The number of nitrogens with zero attached hydrogens (tertiary/aromatic N) is 4. The van der Waals surface area contributed by atoms with Gasteiger partial charge in [0.05, 0.1) is 11.8 Å². The highest BCUT2D eigenvalue weighted by molar-refractivity contribution is 6.31. The number of carbonyl (C=O) groups excluding carboxylic acids is 1. The smallest absolute Gasteiger partial charge is 0.246 e. The zero-order valence-electron chi connectivity index (χ0n) is 14.7. The van der Waals surface area contributed by atoms with Crippen LogP contribution in [0.3, 0.4) is 0 Å². The first-order valence-electron chi connectivity index (χ1n) is 9.14. The summed E-state index contributed by atoms with van der Waals surface area (Å²) in [6, 6.07) is 5.71. The van der Waals surface area contributed by atoms with E-state index in [1.807, 2.05) is 33.7 Å². The van der Waals surface area contributed by atoms with Gasteiger partial charge in [-0.25, -0.2) is 4.98 Å². The van der Waals surface area contributed by atoms with Crippen LogP contribution in [0.15, 0.2) is 30.5 Å². The molecule has 0 N–H and O–H groups in total. The largest absolute Gasteiger partial charge is 0.377 e. The van der Waals surface area contributed by atoms with Gasteiger partial charge in [-0.05, 0) is 31.1 Å². The van der Waals surface area contributed by atoms with E-state index >= 15 is 0 Å². The van der Waals surface area contributed by atoms with Crippen molar-refractivity contribution in [2.24, 2.45) is 0 Å². The van der Waals surface area contributed by atoms with Crippen molar-refractivity contribution in [1.29, 1.82) is 0 Å². The summed E-state index contributed by atoms with van der Waals surface area (Å²) in [5.41, 5.74) is 1.50. The summed E-state index contributed by atoms with van der Waals surface area (Å²) in [5, 5.41) is 0.404. The van der Waals surface area contributed by atoms with Crippen LogP contribution in [0.25, 0.3) is 11.7 Å². The molecule has 2 aromatic heterocycles. The molecule has 1 atom stereocenters. The van der Waals surface area contributed by atoms with Crippen LogP contribution in [-0.2, 0) is 9.53 Å². The fourth-order valence-electron chi connectivity index (χ4n) is 3.62. The van der Waals surface area contributed by atoms with Gasteiger partial charge in [-0.2, -0.15) is 0 Å². The van der Waals surface area contributed by atoms with E-state index in [-0.39, 0.29) is 5.91 Å². The Labute approximate surface area is 158 Å². The maximum absolute atomic E-state index is 12.5. The second-order valence-electron chi connectivity index (χ2n) is 6.81. The molecule has 0 radical (unpaired) electrons. The Morgan fingerprint density at radius 1 is 1.31 bits per heavy atom. The molecule has 4 heterocycles. The van der Waals surface area contributed by atoms with Crippen LogP contribution in [0, 0.1) is 0 Å². The van der Waals surface area contributed by atoms with Crippen LogP contribution in [0.2, 0.25) is 5.15 Å². The molecular weight excluding hydrogens is 352 g/mol. The Bertz CT molecular complexity index is 805. The summed E-state index contributed by atoms with van der Waals surface area (Å²) in [5.74, 6) is 0.0173. The topological polar surface area (TPSA) is 50.1 Å². The van der Waals surface area contributed by atoms with Crippen LogP contribution in [-0.4, -0.2) is 70.5 Å². The average molecular weight is 375 g/mol. The summed E-state index contributed by atoms with van der Waals surface area (Å²) >= 11 is 6.21. The van der Waals surface area contributed by atoms with E-state index in [0.29, 0.717) is 11.3 Å². The highest BCUT2D eigenvalue weighted by Gasteiger charge is 2.24. The molecule has 0 bridgehead atoms. The average Bonchev–Trinajstić information content (AvgIpc) is 3.27. The van der Waals surface area contributed by atoms with Gasteiger partial charge in [0.1, 0.15) is 5.65 Å². The van der Waals surface area contributed by atoms with Gasteiger partial charge in [-0.3, -0.25) is 14.1 Å². The summed E-state index contributed by atoms with van der Waals surface area (Å²) in [7, 11) is 0. The molecule has 0 aromatic carbocycles. The van der Waals surface area contributed by atoms with E-state index in [1.165, 1.54) is 6.42 Å². The molecule has 1 unspecified atom stereocenters. The predicted octanol–water partition coefficient (Wildman–Crippen LogP) is 2.32. The lowest BCUT2D eigenvalue weighted by Crippen LogP contribution is -2.50. The van der Waals surface area contributed by atoms with Gasteiger partial charge >= 0.3 is 0 Å². The highest BCUT2D eigenvalue weighted by atomic mass is 35.5. The standard InChI is InChI=1S/C19H23ClN4O2/c20-19-16(24-8-2-1-5-17(24)21-19)6-7-18(25)23-11-9-22(10-12-23)14-15-4-3-13-26-15/h1-2,5-8,15H,3-4,9-14H2/b7-6+. The van der Waals surface area contributed by atoms with Crippen molar-refractivity contribution in [1.82, 2.24) is 19.2 Å². The van der Waals surface area contributed by atoms with E-state index in [1.54, 1.807) is 12.2 Å². The Kier molecular flexibility index (Phi) is 5.24. The Morgan fingerprint density at radius 3 is 2.92 bits per heavy atom. The number of carbonyl (C=O) groups is 1. The van der Waals surface area contributed by atoms with Crippen molar-refractivity contribution in [2.45, 2.75) is 18.9 Å². The van der Waals surface area contributed by atoms with Crippen molar-refractivity contribution in [2.75, 3.05) is 39.3 Å². The number of ether oxygens (including phenoxy) is 1. The SMILES string of the molecule is O=C(/C=C/c1c(Cl)nc2ccccn12)N1CCN(CC2CCCO2)CC1. The zero-order valence-corrected chi connectivity index (χ0v) is 15.4. The van der Waals surface area contributed by atoms with Crippen LogP contribution in [0.1, 0.15) is 18.5 Å². The first-order valence-corrected chi connectivity index (χ1v) is 9.52. The van der Waals surface area contributed by atoms with Crippen molar-refractivity contribution >= 4 is 29.2 Å². The summed E-state index contributed by atoms with van der Waals surface area (Å²) in [4.78, 5) is 21.1. The van der Waals surface area contributed by atoms with Crippen molar-refractivity contribution in [3.8, 4) is 0 Å². The minimum Gasteiger partial charge on any atom is -0.377 e. The maximum atomic E-state index is 12.5. The van der Waals surface area contributed by atoms with E-state index in [2.05, 4.69) is 9.88 Å². The van der Waals surface area contributed by atoms with Crippen molar-refractivity contribution in [3.63, 3.8) is 0 Å².